The molecule has 0 radical (unpaired) electrons. The summed E-state index contributed by atoms with van der Waals surface area (Å²) in [7, 11) is 0. The molecular formula is C15H27N3O. The second-order valence-corrected chi connectivity index (χ2v) is 5.30. The van der Waals surface area contributed by atoms with Gasteiger partial charge >= 0.3 is 0 Å². The molecular weight excluding hydrogens is 238 g/mol. The average molecular weight is 265 g/mol. The molecule has 0 aliphatic heterocycles. The molecule has 108 valence electrons. The Hall–Kier alpha value is -1.16. The molecule has 1 aromatic heterocycles. The Bertz CT molecular complexity index is 325. The van der Waals surface area contributed by atoms with Crippen molar-refractivity contribution in [3.8, 4) is 5.88 Å². The van der Waals surface area contributed by atoms with E-state index in [1.807, 2.05) is 12.1 Å². The van der Waals surface area contributed by atoms with Crippen molar-refractivity contribution >= 4 is 0 Å². The van der Waals surface area contributed by atoms with Crippen LogP contribution in [0.25, 0.3) is 0 Å². The summed E-state index contributed by atoms with van der Waals surface area (Å²) in [4.78, 5) is 0. The maximum atomic E-state index is 5.56. The summed E-state index contributed by atoms with van der Waals surface area (Å²) in [5.74, 6) is 1.28. The normalized spacial score (nSPS) is 10.9. The SMILES string of the molecule is CCCCCCOc1ccc(CNCC(C)C)nn1. The summed E-state index contributed by atoms with van der Waals surface area (Å²) in [6, 6.07) is 3.88. The lowest BCUT2D eigenvalue weighted by Gasteiger charge is -2.07. The Morgan fingerprint density at radius 1 is 1.16 bits per heavy atom. The van der Waals surface area contributed by atoms with E-state index in [1.54, 1.807) is 0 Å². The molecule has 1 N–H and O–H groups in total. The largest absolute Gasteiger partial charge is 0.477 e. The summed E-state index contributed by atoms with van der Waals surface area (Å²) >= 11 is 0. The fourth-order valence-corrected chi connectivity index (χ4v) is 1.71. The van der Waals surface area contributed by atoms with Gasteiger partial charge in [0.15, 0.2) is 0 Å². The second-order valence-electron chi connectivity index (χ2n) is 5.30. The van der Waals surface area contributed by atoms with Gasteiger partial charge in [0.1, 0.15) is 0 Å². The third-order valence-corrected chi connectivity index (χ3v) is 2.80. The summed E-state index contributed by atoms with van der Waals surface area (Å²) in [5, 5.41) is 11.6. The highest BCUT2D eigenvalue weighted by molar-refractivity contribution is 5.11. The van der Waals surface area contributed by atoms with Gasteiger partial charge in [-0.2, -0.15) is 5.10 Å². The predicted octanol–water partition coefficient (Wildman–Crippen LogP) is 3.18. The molecule has 0 spiro atoms. The zero-order valence-electron chi connectivity index (χ0n) is 12.5. The average Bonchev–Trinajstić information content (AvgIpc) is 2.40. The zero-order chi connectivity index (χ0) is 13.9. The molecule has 0 bridgehead atoms. The highest BCUT2D eigenvalue weighted by Crippen LogP contribution is 2.07. The highest BCUT2D eigenvalue weighted by Gasteiger charge is 2.00. The minimum atomic E-state index is 0.629. The van der Waals surface area contributed by atoms with Gasteiger partial charge in [-0.3, -0.25) is 0 Å². The lowest BCUT2D eigenvalue weighted by atomic mass is 10.2. The van der Waals surface area contributed by atoms with Gasteiger partial charge in [0.25, 0.3) is 0 Å². The molecule has 0 unspecified atom stereocenters. The van der Waals surface area contributed by atoms with Gasteiger partial charge in [0.2, 0.25) is 5.88 Å². The Kier molecular flexibility index (Phi) is 8.14. The lowest BCUT2D eigenvalue weighted by molar-refractivity contribution is 0.290. The van der Waals surface area contributed by atoms with Gasteiger partial charge in [0, 0.05) is 12.6 Å². The van der Waals surface area contributed by atoms with Crippen molar-refractivity contribution in [3.05, 3.63) is 17.8 Å². The Labute approximate surface area is 117 Å². The van der Waals surface area contributed by atoms with Crippen LogP contribution in [0, 0.1) is 5.92 Å². The van der Waals surface area contributed by atoms with E-state index in [0.29, 0.717) is 11.8 Å². The fourth-order valence-electron chi connectivity index (χ4n) is 1.71. The van der Waals surface area contributed by atoms with Crippen LogP contribution in [-0.4, -0.2) is 23.3 Å². The number of aromatic nitrogens is 2. The van der Waals surface area contributed by atoms with E-state index in [0.717, 1.165) is 31.8 Å². The summed E-state index contributed by atoms with van der Waals surface area (Å²) < 4.78 is 5.56. The first-order valence-corrected chi connectivity index (χ1v) is 7.38. The van der Waals surface area contributed by atoms with E-state index in [2.05, 4.69) is 36.3 Å². The van der Waals surface area contributed by atoms with Gasteiger partial charge in [-0.1, -0.05) is 40.0 Å². The van der Waals surface area contributed by atoms with Crippen molar-refractivity contribution < 1.29 is 4.74 Å². The van der Waals surface area contributed by atoms with Crippen molar-refractivity contribution in [3.63, 3.8) is 0 Å². The van der Waals surface area contributed by atoms with Crippen LogP contribution in [0.2, 0.25) is 0 Å². The van der Waals surface area contributed by atoms with Crippen LogP contribution < -0.4 is 10.1 Å². The third-order valence-electron chi connectivity index (χ3n) is 2.80. The summed E-state index contributed by atoms with van der Waals surface area (Å²) in [6.45, 7) is 9.08. The first-order chi connectivity index (χ1) is 9.22. The van der Waals surface area contributed by atoms with Crippen LogP contribution in [0.15, 0.2) is 12.1 Å². The van der Waals surface area contributed by atoms with Gasteiger partial charge in [-0.25, -0.2) is 0 Å². The summed E-state index contributed by atoms with van der Waals surface area (Å²) in [5.41, 5.74) is 0.957. The standard InChI is InChI=1S/C15H27N3O/c1-4-5-6-7-10-19-15-9-8-14(17-18-15)12-16-11-13(2)3/h8-9,13,16H,4-7,10-12H2,1-3H3. The quantitative estimate of drug-likeness (QED) is 0.660. The van der Waals surface area contributed by atoms with Crippen LogP contribution in [0.3, 0.4) is 0 Å². The highest BCUT2D eigenvalue weighted by atomic mass is 16.5. The molecule has 0 amide bonds. The molecule has 1 heterocycles. The van der Waals surface area contributed by atoms with E-state index in [1.165, 1.54) is 19.3 Å². The smallest absolute Gasteiger partial charge is 0.233 e. The van der Waals surface area contributed by atoms with Gasteiger partial charge in [-0.05, 0) is 24.9 Å². The molecule has 0 aliphatic rings. The van der Waals surface area contributed by atoms with E-state index >= 15 is 0 Å². The van der Waals surface area contributed by atoms with Crippen LogP contribution in [0.5, 0.6) is 5.88 Å². The first-order valence-electron chi connectivity index (χ1n) is 7.38. The predicted molar refractivity (Wildman–Crippen MR) is 78.2 cm³/mol. The number of ether oxygens (including phenoxy) is 1. The van der Waals surface area contributed by atoms with Crippen LogP contribution in [-0.2, 0) is 6.54 Å². The maximum Gasteiger partial charge on any atom is 0.233 e. The van der Waals surface area contributed by atoms with Crippen molar-refractivity contribution in [1.29, 1.82) is 0 Å². The fraction of sp³-hybridized carbons (Fsp3) is 0.733. The molecule has 1 aromatic rings. The first kappa shape index (κ1) is 15.9. The molecule has 0 atom stereocenters. The topological polar surface area (TPSA) is 47.0 Å². The third kappa shape index (κ3) is 7.78. The number of unbranched alkanes of at least 4 members (excludes halogenated alkanes) is 3. The van der Waals surface area contributed by atoms with Crippen molar-refractivity contribution in [1.82, 2.24) is 15.5 Å². The van der Waals surface area contributed by atoms with Crippen molar-refractivity contribution in [2.24, 2.45) is 5.92 Å². The van der Waals surface area contributed by atoms with Crippen molar-refractivity contribution in [2.75, 3.05) is 13.2 Å². The van der Waals surface area contributed by atoms with Crippen LogP contribution >= 0.6 is 0 Å². The number of nitrogens with one attached hydrogen (secondary N) is 1. The van der Waals surface area contributed by atoms with E-state index < -0.39 is 0 Å². The van der Waals surface area contributed by atoms with Crippen molar-refractivity contribution in [2.45, 2.75) is 53.0 Å². The number of nitrogens with zero attached hydrogens (tertiary/aromatic N) is 2. The molecule has 19 heavy (non-hydrogen) atoms. The molecule has 0 saturated heterocycles. The Morgan fingerprint density at radius 3 is 2.63 bits per heavy atom. The van der Waals surface area contributed by atoms with Gasteiger partial charge < -0.3 is 10.1 Å². The summed E-state index contributed by atoms with van der Waals surface area (Å²) in [6.07, 6.45) is 4.84. The number of rotatable bonds is 10. The van der Waals surface area contributed by atoms with E-state index in [9.17, 15) is 0 Å². The molecule has 0 aromatic carbocycles. The molecule has 0 saturated carbocycles. The zero-order valence-corrected chi connectivity index (χ0v) is 12.5. The number of hydrogen-bond donors (Lipinski definition) is 1. The van der Waals surface area contributed by atoms with Gasteiger partial charge in [-0.15, -0.1) is 5.10 Å². The van der Waals surface area contributed by atoms with Gasteiger partial charge in [0.05, 0.1) is 12.3 Å². The van der Waals surface area contributed by atoms with Crippen LogP contribution in [0.4, 0.5) is 0 Å². The van der Waals surface area contributed by atoms with Crippen LogP contribution in [0.1, 0.15) is 52.1 Å². The molecule has 1 rings (SSSR count). The molecule has 4 heteroatoms. The monoisotopic (exact) mass is 265 g/mol. The lowest BCUT2D eigenvalue weighted by Crippen LogP contribution is -2.19. The second kappa shape index (κ2) is 9.73. The molecule has 4 nitrogen and oxygen atoms in total. The minimum absolute atomic E-state index is 0.629. The maximum absolute atomic E-state index is 5.56. The Balaban J connectivity index is 2.19. The Morgan fingerprint density at radius 2 is 2.00 bits per heavy atom. The van der Waals surface area contributed by atoms with E-state index in [-0.39, 0.29) is 0 Å². The number of hydrogen-bond acceptors (Lipinski definition) is 4. The molecule has 0 aliphatic carbocycles. The molecule has 0 fully saturated rings. The van der Waals surface area contributed by atoms with E-state index in [4.69, 9.17) is 4.74 Å². The minimum Gasteiger partial charge on any atom is -0.477 e.